The molecule has 28 heavy (non-hydrogen) atoms. The first-order valence-electron chi connectivity index (χ1n) is 8.36. The van der Waals surface area contributed by atoms with E-state index in [9.17, 15) is 24.5 Å². The summed E-state index contributed by atoms with van der Waals surface area (Å²) in [6, 6.07) is 10.3. The van der Waals surface area contributed by atoms with Crippen LogP contribution >= 0.6 is 11.8 Å². The summed E-state index contributed by atoms with van der Waals surface area (Å²) in [7, 11) is 0. The quantitative estimate of drug-likeness (QED) is 0.231. The van der Waals surface area contributed by atoms with Crippen LogP contribution in [0.1, 0.15) is 27.1 Å². The number of non-ortho nitro benzene ring substituents is 1. The summed E-state index contributed by atoms with van der Waals surface area (Å²) >= 11 is 1.47. The van der Waals surface area contributed by atoms with Crippen molar-refractivity contribution in [3.05, 3.63) is 69.8 Å². The summed E-state index contributed by atoms with van der Waals surface area (Å²) in [5.41, 5.74) is 0.369. The molecule has 0 saturated carbocycles. The fraction of sp³-hybridized carbons (Fsp3) is 0.211. The van der Waals surface area contributed by atoms with Crippen LogP contribution in [-0.4, -0.2) is 45.7 Å². The maximum atomic E-state index is 12.8. The van der Waals surface area contributed by atoms with E-state index in [-0.39, 0.29) is 29.0 Å². The van der Waals surface area contributed by atoms with Crippen LogP contribution in [0.3, 0.4) is 0 Å². The molecule has 0 spiro atoms. The van der Waals surface area contributed by atoms with Gasteiger partial charge in [-0.1, -0.05) is 12.1 Å². The van der Waals surface area contributed by atoms with E-state index >= 15 is 0 Å². The molecule has 0 saturated heterocycles. The van der Waals surface area contributed by atoms with E-state index in [1.54, 1.807) is 24.3 Å². The lowest BCUT2D eigenvalue weighted by Gasteiger charge is -2.24. The van der Waals surface area contributed by atoms with Gasteiger partial charge in [0.25, 0.3) is 17.5 Å². The zero-order valence-electron chi connectivity index (χ0n) is 14.9. The second-order valence-electron chi connectivity index (χ2n) is 6.00. The predicted molar refractivity (Wildman–Crippen MR) is 102 cm³/mol. The number of hydrogen-bond donors (Lipinski definition) is 0. The molecular weight excluding hydrogens is 384 g/mol. The van der Waals surface area contributed by atoms with Crippen molar-refractivity contribution in [1.82, 2.24) is 4.90 Å². The Kier molecular flexibility index (Phi) is 5.74. The minimum atomic E-state index is -1.09. The number of ether oxygens (including phenoxy) is 1. The fourth-order valence-electron chi connectivity index (χ4n) is 2.89. The molecule has 1 aliphatic rings. The molecule has 8 nitrogen and oxygen atoms in total. The van der Waals surface area contributed by atoms with Crippen molar-refractivity contribution in [1.29, 1.82) is 0 Å². The van der Waals surface area contributed by atoms with Crippen molar-refractivity contribution in [3.63, 3.8) is 0 Å². The molecule has 0 aliphatic carbocycles. The smallest absolute Gasteiger partial charge is 0.334 e. The van der Waals surface area contributed by atoms with E-state index in [2.05, 4.69) is 0 Å². The van der Waals surface area contributed by atoms with E-state index in [0.717, 1.165) is 4.90 Å². The highest BCUT2D eigenvalue weighted by atomic mass is 32.2. The van der Waals surface area contributed by atoms with Crippen molar-refractivity contribution in [2.45, 2.75) is 12.5 Å². The van der Waals surface area contributed by atoms with Gasteiger partial charge in [-0.05, 0) is 42.7 Å². The number of nitrogens with zero attached hydrogens (tertiary/aromatic N) is 2. The van der Waals surface area contributed by atoms with Gasteiger partial charge in [-0.3, -0.25) is 24.6 Å². The van der Waals surface area contributed by atoms with Crippen LogP contribution in [0.5, 0.6) is 5.75 Å². The van der Waals surface area contributed by atoms with Crippen molar-refractivity contribution < 1.29 is 24.0 Å². The number of benzene rings is 2. The highest BCUT2D eigenvalue weighted by molar-refractivity contribution is 7.98. The Balaban J connectivity index is 1.84. The Bertz CT molecular complexity index is 909. The van der Waals surface area contributed by atoms with Crippen molar-refractivity contribution >= 4 is 35.2 Å². The van der Waals surface area contributed by atoms with Gasteiger partial charge in [0.1, 0.15) is 11.8 Å². The third kappa shape index (κ3) is 3.74. The van der Waals surface area contributed by atoms with Crippen LogP contribution in [0.2, 0.25) is 0 Å². The molecule has 0 fully saturated rings. The molecular formula is C19H16N2O6S. The van der Waals surface area contributed by atoms with Gasteiger partial charge in [0.05, 0.1) is 16.1 Å². The van der Waals surface area contributed by atoms with Gasteiger partial charge in [0, 0.05) is 12.1 Å². The molecule has 0 N–H and O–H groups in total. The molecule has 3 rings (SSSR count). The monoisotopic (exact) mass is 400 g/mol. The minimum Gasteiger partial charge on any atom is -0.425 e. The Morgan fingerprint density at radius 2 is 1.68 bits per heavy atom. The zero-order chi connectivity index (χ0) is 20.3. The van der Waals surface area contributed by atoms with Crippen molar-refractivity contribution in [2.24, 2.45) is 0 Å². The Hall–Kier alpha value is -3.20. The first-order valence-corrected chi connectivity index (χ1v) is 9.75. The summed E-state index contributed by atoms with van der Waals surface area (Å²) < 4.78 is 5.30. The predicted octanol–water partition coefficient (Wildman–Crippen LogP) is 2.92. The minimum absolute atomic E-state index is 0.0985. The Morgan fingerprint density at radius 3 is 2.18 bits per heavy atom. The largest absolute Gasteiger partial charge is 0.425 e. The SMILES string of the molecule is CSCCC(C(=O)Oc1ccc([N+](=O)[O-])cc1)N1C(=O)c2ccccc2C1=O. The number of nitro groups is 1. The summed E-state index contributed by atoms with van der Waals surface area (Å²) in [4.78, 5) is 49.3. The molecule has 9 heteroatoms. The van der Waals surface area contributed by atoms with E-state index in [1.807, 2.05) is 6.26 Å². The van der Waals surface area contributed by atoms with Gasteiger partial charge in [-0.15, -0.1) is 0 Å². The zero-order valence-corrected chi connectivity index (χ0v) is 15.7. The molecule has 0 radical (unpaired) electrons. The molecule has 2 aromatic carbocycles. The van der Waals surface area contributed by atoms with E-state index in [4.69, 9.17) is 4.74 Å². The van der Waals surface area contributed by atoms with Crippen LogP contribution in [0.4, 0.5) is 5.69 Å². The number of carbonyl (C=O) groups is 3. The van der Waals surface area contributed by atoms with Gasteiger partial charge >= 0.3 is 5.97 Å². The van der Waals surface area contributed by atoms with Crippen molar-refractivity contribution in [2.75, 3.05) is 12.0 Å². The molecule has 2 amide bonds. The molecule has 2 aromatic rings. The lowest BCUT2D eigenvalue weighted by atomic mass is 10.1. The van der Waals surface area contributed by atoms with Crippen LogP contribution in [-0.2, 0) is 4.79 Å². The number of hydrogen-bond acceptors (Lipinski definition) is 7. The summed E-state index contributed by atoms with van der Waals surface area (Å²) in [6.07, 6.45) is 2.08. The summed E-state index contributed by atoms with van der Waals surface area (Å²) in [6.45, 7) is 0. The molecule has 144 valence electrons. The normalized spacial score (nSPS) is 14.0. The lowest BCUT2D eigenvalue weighted by Crippen LogP contribution is -2.47. The Labute approximate surface area is 164 Å². The third-order valence-electron chi connectivity index (χ3n) is 4.27. The number of fused-ring (bicyclic) bond motifs is 1. The Morgan fingerprint density at radius 1 is 1.11 bits per heavy atom. The maximum Gasteiger partial charge on any atom is 0.334 e. The van der Waals surface area contributed by atoms with Gasteiger partial charge in [-0.2, -0.15) is 11.8 Å². The highest BCUT2D eigenvalue weighted by Gasteiger charge is 2.43. The maximum absolute atomic E-state index is 12.8. The van der Waals surface area contributed by atoms with Crippen LogP contribution in [0.15, 0.2) is 48.5 Å². The summed E-state index contributed by atoms with van der Waals surface area (Å²) in [5.74, 6) is -1.20. The first kappa shape index (κ1) is 19.6. The van der Waals surface area contributed by atoms with E-state index in [1.165, 1.54) is 36.0 Å². The van der Waals surface area contributed by atoms with Gasteiger partial charge in [0.2, 0.25) is 0 Å². The number of amides is 2. The average Bonchev–Trinajstić information content (AvgIpc) is 2.94. The second kappa shape index (κ2) is 8.22. The topological polar surface area (TPSA) is 107 Å². The number of imide groups is 1. The lowest BCUT2D eigenvalue weighted by molar-refractivity contribution is -0.384. The van der Waals surface area contributed by atoms with E-state index in [0.29, 0.717) is 5.75 Å². The molecule has 1 heterocycles. The molecule has 1 atom stereocenters. The second-order valence-corrected chi connectivity index (χ2v) is 6.98. The van der Waals surface area contributed by atoms with Crippen LogP contribution in [0.25, 0.3) is 0 Å². The van der Waals surface area contributed by atoms with Crippen LogP contribution in [0, 0.1) is 10.1 Å². The third-order valence-corrected chi connectivity index (χ3v) is 4.91. The summed E-state index contributed by atoms with van der Waals surface area (Å²) in [5, 5.41) is 10.7. The number of carbonyl (C=O) groups excluding carboxylic acids is 3. The highest BCUT2D eigenvalue weighted by Crippen LogP contribution is 2.27. The van der Waals surface area contributed by atoms with Crippen LogP contribution < -0.4 is 4.74 Å². The number of esters is 1. The standard InChI is InChI=1S/C19H16N2O6S/c1-28-11-10-16(19(24)27-13-8-6-12(7-9-13)21(25)26)20-17(22)14-4-2-3-5-15(14)18(20)23/h2-9,16H,10-11H2,1H3. The number of nitro benzene ring substituents is 1. The number of thioether (sulfide) groups is 1. The molecule has 0 bridgehead atoms. The van der Waals surface area contributed by atoms with Crippen molar-refractivity contribution in [3.8, 4) is 5.75 Å². The van der Waals surface area contributed by atoms with E-state index < -0.39 is 28.7 Å². The number of rotatable bonds is 7. The fourth-order valence-corrected chi connectivity index (χ4v) is 3.35. The van der Waals surface area contributed by atoms with Gasteiger partial charge in [0.15, 0.2) is 0 Å². The van der Waals surface area contributed by atoms with Gasteiger partial charge < -0.3 is 4.74 Å². The van der Waals surface area contributed by atoms with Gasteiger partial charge in [-0.25, -0.2) is 4.79 Å². The average molecular weight is 400 g/mol. The molecule has 1 unspecified atom stereocenters. The molecule has 0 aromatic heterocycles. The first-order chi connectivity index (χ1) is 13.4. The molecule has 1 aliphatic heterocycles.